The molecule has 28 heavy (non-hydrogen) atoms. The fraction of sp³-hybridized carbons (Fsp3) is 0.100. The minimum absolute atomic E-state index is 0.106. The maximum absolute atomic E-state index is 13.0. The van der Waals surface area contributed by atoms with Crippen LogP contribution >= 0.6 is 0 Å². The van der Waals surface area contributed by atoms with Crippen LogP contribution in [0.3, 0.4) is 0 Å². The van der Waals surface area contributed by atoms with Gasteiger partial charge in [0.15, 0.2) is 0 Å². The number of carbonyl (C=O) groups is 2. The second-order valence-corrected chi connectivity index (χ2v) is 8.00. The molecule has 7 nitrogen and oxygen atoms in total. The summed E-state index contributed by atoms with van der Waals surface area (Å²) in [6.07, 6.45) is 0. The van der Waals surface area contributed by atoms with Crippen molar-refractivity contribution in [1.29, 1.82) is 0 Å². The Hall–Kier alpha value is -3.23. The Bertz CT molecular complexity index is 1190. The monoisotopic (exact) mass is 396 g/mol. The molecular formula is C20H16N2O5S. The molecule has 8 heteroatoms. The van der Waals surface area contributed by atoms with Gasteiger partial charge < -0.3 is 4.90 Å². The molecule has 0 aromatic heterocycles. The quantitative estimate of drug-likeness (QED) is 0.631. The van der Waals surface area contributed by atoms with Gasteiger partial charge in [0.05, 0.1) is 11.1 Å². The van der Waals surface area contributed by atoms with E-state index in [1.54, 1.807) is 55.4 Å². The third kappa shape index (κ3) is 2.74. The smallest absolute Gasteiger partial charge is 0.318 e. The van der Waals surface area contributed by atoms with Crippen molar-refractivity contribution in [3.63, 3.8) is 0 Å². The van der Waals surface area contributed by atoms with Gasteiger partial charge in [0.1, 0.15) is 4.90 Å². The van der Waals surface area contributed by atoms with Gasteiger partial charge in [-0.2, -0.15) is 8.42 Å². The summed E-state index contributed by atoms with van der Waals surface area (Å²) in [6.45, 7) is 0. The molecule has 0 bridgehead atoms. The van der Waals surface area contributed by atoms with E-state index >= 15 is 0 Å². The molecule has 0 spiro atoms. The first-order chi connectivity index (χ1) is 13.3. The van der Waals surface area contributed by atoms with Crippen LogP contribution in [0.4, 0.5) is 5.69 Å². The molecule has 1 aliphatic heterocycles. The summed E-state index contributed by atoms with van der Waals surface area (Å²) in [6, 6.07) is 16.2. The molecule has 0 saturated carbocycles. The largest absolute Gasteiger partial charge is 0.377 e. The van der Waals surface area contributed by atoms with Crippen molar-refractivity contribution >= 4 is 38.4 Å². The lowest BCUT2D eigenvalue weighted by molar-refractivity contribution is -0.0103. The van der Waals surface area contributed by atoms with Gasteiger partial charge in [-0.05, 0) is 29.7 Å². The molecule has 0 atom stereocenters. The highest BCUT2D eigenvalue weighted by atomic mass is 32.2. The number of hydrogen-bond donors (Lipinski definition) is 0. The first-order valence-electron chi connectivity index (χ1n) is 8.43. The van der Waals surface area contributed by atoms with E-state index in [0.717, 1.165) is 0 Å². The molecule has 1 aliphatic rings. The summed E-state index contributed by atoms with van der Waals surface area (Å²) < 4.78 is 31.1. The molecule has 3 aromatic carbocycles. The van der Waals surface area contributed by atoms with Gasteiger partial charge >= 0.3 is 10.1 Å². The molecule has 0 saturated heterocycles. The number of amides is 2. The van der Waals surface area contributed by atoms with Gasteiger partial charge in [0, 0.05) is 25.2 Å². The van der Waals surface area contributed by atoms with E-state index in [1.165, 1.54) is 18.2 Å². The van der Waals surface area contributed by atoms with Crippen molar-refractivity contribution < 1.29 is 22.3 Å². The van der Waals surface area contributed by atoms with E-state index in [0.29, 0.717) is 21.5 Å². The lowest BCUT2D eigenvalue weighted by Gasteiger charge is -2.19. The summed E-state index contributed by atoms with van der Waals surface area (Å²) >= 11 is 0. The van der Waals surface area contributed by atoms with E-state index < -0.39 is 21.9 Å². The second-order valence-electron chi connectivity index (χ2n) is 6.50. The molecule has 2 amide bonds. The van der Waals surface area contributed by atoms with Crippen molar-refractivity contribution in [2.45, 2.75) is 4.90 Å². The van der Waals surface area contributed by atoms with Crippen molar-refractivity contribution in [2.24, 2.45) is 0 Å². The minimum Gasteiger partial charge on any atom is -0.377 e. The lowest BCUT2D eigenvalue weighted by Crippen LogP contribution is -2.32. The normalized spacial score (nSPS) is 13.9. The molecule has 0 unspecified atom stereocenters. The van der Waals surface area contributed by atoms with Crippen LogP contribution in [-0.2, 0) is 14.4 Å². The number of benzene rings is 3. The van der Waals surface area contributed by atoms with Crippen LogP contribution in [0.2, 0.25) is 0 Å². The first kappa shape index (κ1) is 18.1. The molecule has 0 radical (unpaired) electrons. The molecular weight excluding hydrogens is 380 g/mol. The number of anilines is 1. The summed E-state index contributed by atoms with van der Waals surface area (Å²) in [7, 11) is -0.863. The fourth-order valence-corrected chi connectivity index (χ4v) is 4.37. The summed E-state index contributed by atoms with van der Waals surface area (Å²) in [5.41, 5.74) is 0.881. The molecule has 142 valence electrons. The average molecular weight is 396 g/mol. The summed E-state index contributed by atoms with van der Waals surface area (Å²) in [4.78, 5) is 26.6. The molecule has 0 aliphatic carbocycles. The number of carbonyl (C=O) groups excluding carboxylic acids is 2. The maximum atomic E-state index is 13.0. The minimum atomic E-state index is -4.45. The van der Waals surface area contributed by atoms with Gasteiger partial charge in [-0.15, -0.1) is 9.35 Å². The van der Waals surface area contributed by atoms with Crippen molar-refractivity contribution in [2.75, 3.05) is 19.0 Å². The molecule has 0 N–H and O–H groups in total. The Balaban J connectivity index is 1.81. The van der Waals surface area contributed by atoms with Crippen molar-refractivity contribution in [3.05, 3.63) is 71.8 Å². The Morgan fingerprint density at radius 1 is 0.821 bits per heavy atom. The fourth-order valence-electron chi connectivity index (χ4n) is 3.24. The van der Waals surface area contributed by atoms with Crippen LogP contribution in [0.1, 0.15) is 20.7 Å². The second kappa shape index (κ2) is 6.43. The van der Waals surface area contributed by atoms with Crippen LogP contribution < -0.4 is 4.90 Å². The van der Waals surface area contributed by atoms with Gasteiger partial charge in [0.2, 0.25) is 0 Å². The van der Waals surface area contributed by atoms with Crippen molar-refractivity contribution in [1.82, 2.24) is 5.06 Å². The van der Waals surface area contributed by atoms with Crippen LogP contribution in [0.25, 0.3) is 10.8 Å². The van der Waals surface area contributed by atoms with Gasteiger partial charge in [-0.25, -0.2) is 0 Å². The third-order valence-corrected chi connectivity index (χ3v) is 5.75. The predicted molar refractivity (Wildman–Crippen MR) is 103 cm³/mol. The third-order valence-electron chi connectivity index (χ3n) is 4.53. The summed E-state index contributed by atoms with van der Waals surface area (Å²) in [5, 5.41) is 1.45. The highest BCUT2D eigenvalue weighted by molar-refractivity contribution is 7.87. The number of nitrogens with zero attached hydrogens (tertiary/aromatic N) is 2. The zero-order valence-electron chi connectivity index (χ0n) is 15.1. The topological polar surface area (TPSA) is 84.0 Å². The standard InChI is InChI=1S/C20H16N2O5S/c1-21(2)16-11-5-7-13-8-6-12-17(18(13)16)28(25,26)27-22-19(23)14-9-3-4-10-15(14)20(22)24/h3-12H,1-2H3. The number of hydroxylamine groups is 2. The number of hydrogen-bond acceptors (Lipinski definition) is 6. The van der Waals surface area contributed by atoms with E-state index in [9.17, 15) is 18.0 Å². The van der Waals surface area contributed by atoms with Gasteiger partial charge in [0.25, 0.3) is 11.8 Å². The zero-order valence-corrected chi connectivity index (χ0v) is 15.9. The molecule has 0 fully saturated rings. The van der Waals surface area contributed by atoms with E-state index in [4.69, 9.17) is 4.28 Å². The molecule has 4 rings (SSSR count). The van der Waals surface area contributed by atoms with Crippen molar-refractivity contribution in [3.8, 4) is 0 Å². The average Bonchev–Trinajstić information content (AvgIpc) is 2.92. The summed E-state index contributed by atoms with van der Waals surface area (Å²) in [5.74, 6) is -1.62. The highest BCUT2D eigenvalue weighted by Crippen LogP contribution is 2.34. The number of imide groups is 1. The van der Waals surface area contributed by atoms with Crippen LogP contribution in [0.5, 0.6) is 0 Å². The Labute approximate surface area is 161 Å². The Morgan fingerprint density at radius 2 is 1.39 bits per heavy atom. The predicted octanol–water partition coefficient (Wildman–Crippen LogP) is 2.82. The number of rotatable bonds is 4. The van der Waals surface area contributed by atoms with Crippen LogP contribution in [0.15, 0.2) is 65.6 Å². The van der Waals surface area contributed by atoms with E-state index in [-0.39, 0.29) is 16.0 Å². The van der Waals surface area contributed by atoms with Gasteiger partial charge in [-0.3, -0.25) is 9.59 Å². The Morgan fingerprint density at radius 3 is 1.96 bits per heavy atom. The number of fused-ring (bicyclic) bond motifs is 2. The SMILES string of the molecule is CN(C)c1cccc2cccc(S(=O)(=O)ON3C(=O)c4ccccc4C3=O)c12. The maximum Gasteiger partial charge on any atom is 0.318 e. The highest BCUT2D eigenvalue weighted by Gasteiger charge is 2.40. The van der Waals surface area contributed by atoms with E-state index in [2.05, 4.69) is 0 Å². The lowest BCUT2D eigenvalue weighted by atomic mass is 10.1. The van der Waals surface area contributed by atoms with Crippen LogP contribution in [0, 0.1) is 0 Å². The van der Waals surface area contributed by atoms with E-state index in [1.807, 2.05) is 6.07 Å². The van der Waals surface area contributed by atoms with Crippen LogP contribution in [-0.4, -0.2) is 39.4 Å². The molecule has 3 aromatic rings. The first-order valence-corrected chi connectivity index (χ1v) is 9.83. The zero-order chi connectivity index (χ0) is 20.1. The van der Waals surface area contributed by atoms with Gasteiger partial charge in [-0.1, -0.05) is 36.4 Å². The Kier molecular flexibility index (Phi) is 4.17. The molecule has 1 heterocycles.